The van der Waals surface area contributed by atoms with Gasteiger partial charge in [-0.25, -0.2) is 4.39 Å². The summed E-state index contributed by atoms with van der Waals surface area (Å²) in [7, 11) is 0. The molecule has 2 aromatic carbocycles. The molecule has 0 aliphatic carbocycles. The SMILES string of the molecule is Cl.N[C@H]1CSc2ccc(C(=O)NCc3ccc(F)cc3)cc2N(Cc2ccc(C(F)(F)F)nc2)C1=O. The highest BCUT2D eigenvalue weighted by Crippen LogP contribution is 2.36. The van der Waals surface area contributed by atoms with E-state index >= 15 is 0 Å². The molecule has 4 rings (SSSR count). The molecule has 1 aliphatic rings. The van der Waals surface area contributed by atoms with Crippen LogP contribution in [0.2, 0.25) is 0 Å². The largest absolute Gasteiger partial charge is 0.433 e. The summed E-state index contributed by atoms with van der Waals surface area (Å²) in [5.41, 5.74) is 6.79. The predicted octanol–water partition coefficient (Wildman–Crippen LogP) is 4.56. The number of hydrogen-bond donors (Lipinski definition) is 2. The van der Waals surface area contributed by atoms with E-state index in [0.717, 1.165) is 12.3 Å². The number of thioether (sulfide) groups is 1. The van der Waals surface area contributed by atoms with E-state index in [1.54, 1.807) is 30.3 Å². The van der Waals surface area contributed by atoms with Crippen LogP contribution in [0, 0.1) is 5.82 Å². The Labute approximate surface area is 214 Å². The number of anilines is 1. The summed E-state index contributed by atoms with van der Waals surface area (Å²) in [6, 6.07) is 11.9. The summed E-state index contributed by atoms with van der Waals surface area (Å²) in [4.78, 5) is 31.3. The minimum Gasteiger partial charge on any atom is -0.348 e. The number of alkyl halides is 3. The number of nitrogens with one attached hydrogen (secondary N) is 1. The van der Waals surface area contributed by atoms with Crippen LogP contribution in [-0.2, 0) is 24.1 Å². The fourth-order valence-corrected chi connectivity index (χ4v) is 4.46. The van der Waals surface area contributed by atoms with Gasteiger partial charge < -0.3 is 16.0 Å². The fraction of sp³-hybridized carbons (Fsp3) is 0.208. The number of carbonyl (C=O) groups excluding carboxylic acids is 2. The summed E-state index contributed by atoms with van der Waals surface area (Å²) < 4.78 is 51.6. The van der Waals surface area contributed by atoms with Gasteiger partial charge in [0.15, 0.2) is 0 Å². The van der Waals surface area contributed by atoms with Gasteiger partial charge in [0, 0.05) is 29.0 Å². The first-order valence-electron chi connectivity index (χ1n) is 10.5. The number of benzene rings is 2. The number of nitrogens with zero attached hydrogens (tertiary/aromatic N) is 2. The third-order valence-corrected chi connectivity index (χ3v) is 6.52. The molecule has 2 heterocycles. The average Bonchev–Trinajstić information content (AvgIpc) is 2.95. The lowest BCUT2D eigenvalue weighted by atomic mass is 10.1. The molecule has 0 radical (unpaired) electrons. The third-order valence-electron chi connectivity index (χ3n) is 5.34. The maximum absolute atomic E-state index is 13.1. The molecule has 0 unspecified atom stereocenters. The van der Waals surface area contributed by atoms with E-state index in [1.807, 2.05) is 0 Å². The van der Waals surface area contributed by atoms with Crippen LogP contribution in [0.1, 0.15) is 27.2 Å². The Morgan fingerprint density at radius 2 is 1.81 bits per heavy atom. The van der Waals surface area contributed by atoms with Gasteiger partial charge in [0.1, 0.15) is 11.5 Å². The molecule has 3 aromatic rings. The van der Waals surface area contributed by atoms with Crippen LogP contribution in [0.15, 0.2) is 65.7 Å². The van der Waals surface area contributed by atoms with Gasteiger partial charge >= 0.3 is 6.18 Å². The van der Waals surface area contributed by atoms with Crippen molar-refractivity contribution < 1.29 is 27.2 Å². The van der Waals surface area contributed by atoms with Crippen LogP contribution < -0.4 is 16.0 Å². The molecular formula is C24H21ClF4N4O2S. The van der Waals surface area contributed by atoms with Crippen molar-refractivity contribution >= 4 is 41.7 Å². The third kappa shape index (κ3) is 6.34. The van der Waals surface area contributed by atoms with Crippen molar-refractivity contribution in [1.82, 2.24) is 10.3 Å². The monoisotopic (exact) mass is 540 g/mol. The topological polar surface area (TPSA) is 88.3 Å². The Kier molecular flexibility index (Phi) is 8.59. The van der Waals surface area contributed by atoms with Gasteiger partial charge in [-0.15, -0.1) is 24.2 Å². The van der Waals surface area contributed by atoms with Gasteiger partial charge in [0.2, 0.25) is 5.91 Å². The predicted molar refractivity (Wildman–Crippen MR) is 130 cm³/mol. The lowest BCUT2D eigenvalue weighted by Gasteiger charge is -2.25. The lowest BCUT2D eigenvalue weighted by Crippen LogP contribution is -2.44. The number of rotatable bonds is 5. The first-order valence-corrected chi connectivity index (χ1v) is 11.5. The Morgan fingerprint density at radius 3 is 2.44 bits per heavy atom. The van der Waals surface area contributed by atoms with Gasteiger partial charge in [0.05, 0.1) is 18.3 Å². The number of fused-ring (bicyclic) bond motifs is 1. The molecule has 6 nitrogen and oxygen atoms in total. The summed E-state index contributed by atoms with van der Waals surface area (Å²) in [5.74, 6) is -0.891. The fourth-order valence-electron chi connectivity index (χ4n) is 3.48. The minimum absolute atomic E-state index is 0. The number of pyridine rings is 1. The van der Waals surface area contributed by atoms with Crippen molar-refractivity contribution in [3.8, 4) is 0 Å². The quantitative estimate of drug-likeness (QED) is 0.463. The van der Waals surface area contributed by atoms with Crippen molar-refractivity contribution in [3.63, 3.8) is 0 Å². The number of carbonyl (C=O) groups is 2. The van der Waals surface area contributed by atoms with Crippen molar-refractivity contribution in [2.24, 2.45) is 5.73 Å². The molecule has 0 saturated heterocycles. The molecule has 36 heavy (non-hydrogen) atoms. The second-order valence-electron chi connectivity index (χ2n) is 7.88. The van der Waals surface area contributed by atoms with E-state index in [-0.39, 0.29) is 36.9 Å². The number of amides is 2. The van der Waals surface area contributed by atoms with Crippen LogP contribution >= 0.6 is 24.2 Å². The second kappa shape index (κ2) is 11.3. The van der Waals surface area contributed by atoms with E-state index in [4.69, 9.17) is 5.73 Å². The zero-order chi connectivity index (χ0) is 25.2. The van der Waals surface area contributed by atoms with E-state index in [2.05, 4.69) is 10.3 Å². The first-order chi connectivity index (χ1) is 16.6. The highest BCUT2D eigenvalue weighted by molar-refractivity contribution is 7.99. The smallest absolute Gasteiger partial charge is 0.348 e. The number of hydrogen-bond acceptors (Lipinski definition) is 5. The highest BCUT2D eigenvalue weighted by Gasteiger charge is 2.33. The van der Waals surface area contributed by atoms with E-state index in [0.29, 0.717) is 27.5 Å². The van der Waals surface area contributed by atoms with Crippen molar-refractivity contribution in [2.45, 2.75) is 30.2 Å². The zero-order valence-corrected chi connectivity index (χ0v) is 20.2. The van der Waals surface area contributed by atoms with E-state index < -0.39 is 29.7 Å². The van der Waals surface area contributed by atoms with Gasteiger partial charge in [-0.3, -0.25) is 14.6 Å². The molecular weight excluding hydrogens is 520 g/mol. The molecule has 1 atom stereocenters. The molecule has 0 spiro atoms. The van der Waals surface area contributed by atoms with Crippen molar-refractivity contribution in [1.29, 1.82) is 0 Å². The molecule has 1 aromatic heterocycles. The molecule has 3 N–H and O–H groups in total. The second-order valence-corrected chi connectivity index (χ2v) is 8.94. The van der Waals surface area contributed by atoms with E-state index in [9.17, 15) is 27.2 Å². The van der Waals surface area contributed by atoms with E-state index in [1.165, 1.54) is 34.9 Å². The van der Waals surface area contributed by atoms with Crippen LogP contribution in [-0.4, -0.2) is 28.6 Å². The van der Waals surface area contributed by atoms with Gasteiger partial charge in [-0.05, 0) is 47.5 Å². The molecule has 0 saturated carbocycles. The Morgan fingerprint density at radius 1 is 1.11 bits per heavy atom. The van der Waals surface area contributed by atoms with Crippen molar-refractivity contribution in [2.75, 3.05) is 10.7 Å². The summed E-state index contributed by atoms with van der Waals surface area (Å²) in [6.45, 7) is 0.113. The lowest BCUT2D eigenvalue weighted by molar-refractivity contribution is -0.141. The number of halogens is 5. The summed E-state index contributed by atoms with van der Waals surface area (Å²) in [6.07, 6.45) is -3.50. The standard InChI is InChI=1S/C24H20F4N4O2S.ClH/c25-17-5-1-14(2-6-17)10-31-22(33)16-4-7-20-19(9-16)32(23(34)18(29)13-35-20)12-15-3-8-21(30-11-15)24(26,27)28;/h1-9,11,18H,10,12-13,29H2,(H,31,33);1H/t18-;/m0./s1. The normalized spacial score (nSPS) is 15.5. The Balaban J connectivity index is 0.00000361. The maximum atomic E-state index is 13.1. The minimum atomic E-state index is -4.57. The van der Waals surface area contributed by atoms with Gasteiger partial charge in [0.25, 0.3) is 5.91 Å². The average molecular weight is 541 g/mol. The Bertz CT molecular complexity index is 1240. The Hall–Kier alpha value is -3.15. The van der Waals surface area contributed by atoms with Crippen LogP contribution in [0.3, 0.4) is 0 Å². The molecule has 12 heteroatoms. The molecule has 0 bridgehead atoms. The summed E-state index contributed by atoms with van der Waals surface area (Å²) >= 11 is 1.35. The molecule has 0 fully saturated rings. The number of aromatic nitrogens is 1. The van der Waals surface area contributed by atoms with Crippen LogP contribution in [0.4, 0.5) is 23.2 Å². The number of nitrogens with two attached hydrogens (primary N) is 1. The summed E-state index contributed by atoms with van der Waals surface area (Å²) in [5, 5.41) is 2.75. The highest BCUT2D eigenvalue weighted by atomic mass is 35.5. The van der Waals surface area contributed by atoms with Crippen molar-refractivity contribution in [3.05, 3.63) is 89.0 Å². The van der Waals surface area contributed by atoms with Crippen LogP contribution in [0.25, 0.3) is 0 Å². The zero-order valence-electron chi connectivity index (χ0n) is 18.6. The van der Waals surface area contributed by atoms with Crippen LogP contribution in [0.5, 0.6) is 0 Å². The first kappa shape index (κ1) is 27.4. The van der Waals surface area contributed by atoms with Gasteiger partial charge in [-0.1, -0.05) is 18.2 Å². The molecule has 190 valence electrons. The van der Waals surface area contributed by atoms with Gasteiger partial charge in [-0.2, -0.15) is 13.2 Å². The molecule has 2 amide bonds. The maximum Gasteiger partial charge on any atom is 0.433 e. The molecule has 1 aliphatic heterocycles.